The van der Waals surface area contributed by atoms with Crippen LogP contribution in [0.3, 0.4) is 0 Å². The molecule has 0 heterocycles. The molecule has 0 aromatic carbocycles. The lowest BCUT2D eigenvalue weighted by Crippen LogP contribution is -2.01. The molecule has 1 radical (unpaired) electrons. The third kappa shape index (κ3) is 22.7. The van der Waals surface area contributed by atoms with Crippen molar-refractivity contribution >= 4 is 41.8 Å². The standard InChI is InChI=1S/C7H13.2BrH.Mg/c1-5-6-7(2,3)4;;;/h5H,1-2,6H2,3-4H3;2*1H;/q;;;+2/p-2. The molecule has 0 atom stereocenters. The van der Waals surface area contributed by atoms with Crippen LogP contribution < -0.4 is 0 Å². The van der Waals surface area contributed by atoms with Gasteiger partial charge >= 0.3 is 16.0 Å². The second-order valence-electron chi connectivity index (χ2n) is 2.76. The van der Waals surface area contributed by atoms with Gasteiger partial charge in [0, 0.05) is 0 Å². The highest BCUT2D eigenvalue weighted by molar-refractivity contribution is 9.47. The van der Waals surface area contributed by atoms with E-state index in [9.17, 15) is 0 Å². The minimum absolute atomic E-state index is 0.0417. The maximum atomic E-state index is 3.89. The fourth-order valence-corrected chi connectivity index (χ4v) is 0.391. The average Bonchev–Trinajstić information content (AvgIpc) is 1.63. The van der Waals surface area contributed by atoms with Crippen LogP contribution in [-0.2, 0) is 0 Å². The SMILES string of the molecule is [Br][Mg][Br].[CH2]C(C)(C)CC=C. The summed E-state index contributed by atoms with van der Waals surface area (Å²) in [6, 6.07) is 0. The minimum Gasteiger partial charge on any atom is -0.280 e. The monoisotopic (exact) mass is 279 g/mol. The Balaban J connectivity index is 0. The zero-order valence-electron chi connectivity index (χ0n) is 6.66. The van der Waals surface area contributed by atoms with E-state index < -0.39 is 0 Å². The molecule has 0 rings (SSSR count). The van der Waals surface area contributed by atoms with Crippen LogP contribution in [0, 0.1) is 12.3 Å². The Morgan fingerprint density at radius 3 is 1.80 bits per heavy atom. The van der Waals surface area contributed by atoms with Crippen LogP contribution in [0.2, 0.25) is 0 Å². The summed E-state index contributed by atoms with van der Waals surface area (Å²) in [4.78, 5) is 0. The van der Waals surface area contributed by atoms with E-state index >= 15 is 0 Å². The van der Waals surface area contributed by atoms with Gasteiger partial charge in [-0.25, -0.2) is 0 Å². The molecule has 0 saturated heterocycles. The Hall–Kier alpha value is 1.47. The third-order valence-electron chi connectivity index (χ3n) is 0.697. The molecule has 10 heavy (non-hydrogen) atoms. The number of hydrogen-bond donors (Lipinski definition) is 0. The topological polar surface area (TPSA) is 0 Å². The summed E-state index contributed by atoms with van der Waals surface area (Å²) < 4.78 is 0. The van der Waals surface area contributed by atoms with Crippen molar-refractivity contribution < 1.29 is 0 Å². The molecule has 0 aliphatic rings. The number of halogens is 2. The third-order valence-corrected chi connectivity index (χ3v) is 0.697. The molecule has 0 saturated carbocycles. The largest absolute Gasteiger partial charge is 0.560 e. The highest BCUT2D eigenvalue weighted by atomic mass is 79.9. The summed E-state index contributed by atoms with van der Waals surface area (Å²) in [6.07, 6.45) is 2.89. The molecule has 0 nitrogen and oxygen atoms in total. The van der Waals surface area contributed by atoms with Gasteiger partial charge in [-0.1, -0.05) is 19.9 Å². The summed E-state index contributed by atoms with van der Waals surface area (Å²) in [7, 11) is 0. The van der Waals surface area contributed by atoms with Gasteiger partial charge in [-0.2, -0.15) is 0 Å². The fraction of sp³-hybridized carbons (Fsp3) is 0.571. The number of allylic oxidation sites excluding steroid dienone is 1. The van der Waals surface area contributed by atoms with Crippen molar-refractivity contribution in [3.8, 4) is 0 Å². The van der Waals surface area contributed by atoms with Gasteiger partial charge in [0.1, 0.15) is 0 Å². The predicted molar refractivity (Wildman–Crippen MR) is 57.6 cm³/mol. The Kier molecular flexibility index (Phi) is 12.0. The van der Waals surface area contributed by atoms with Crippen molar-refractivity contribution in [3.63, 3.8) is 0 Å². The smallest absolute Gasteiger partial charge is 0.280 e. The van der Waals surface area contributed by atoms with E-state index in [-0.39, 0.29) is 21.4 Å². The lowest BCUT2D eigenvalue weighted by Gasteiger charge is -2.13. The molecule has 0 fully saturated rings. The van der Waals surface area contributed by atoms with Crippen molar-refractivity contribution in [2.45, 2.75) is 20.3 Å². The van der Waals surface area contributed by atoms with Crippen LogP contribution in [0.5, 0.6) is 0 Å². The second-order valence-corrected chi connectivity index (χ2v) is 10.8. The molecule has 0 aromatic heterocycles. The van der Waals surface area contributed by atoms with Gasteiger partial charge in [0.2, 0.25) is 0 Å². The van der Waals surface area contributed by atoms with E-state index in [4.69, 9.17) is 0 Å². The van der Waals surface area contributed by atoms with E-state index in [1.165, 1.54) is 0 Å². The summed E-state index contributed by atoms with van der Waals surface area (Å²) in [5, 5.41) is 0. The summed E-state index contributed by atoms with van der Waals surface area (Å²) >= 11 is 6.44. The Morgan fingerprint density at radius 2 is 1.80 bits per heavy atom. The number of rotatable bonds is 2. The van der Waals surface area contributed by atoms with Crippen LogP contribution in [0.15, 0.2) is 12.7 Å². The number of hydrogen-bond acceptors (Lipinski definition) is 0. The molecule has 0 unspecified atom stereocenters. The first-order valence-electron chi connectivity index (χ1n) is 3.06. The molecule has 0 aromatic rings. The van der Waals surface area contributed by atoms with Gasteiger partial charge in [-0.05, 0) is 18.8 Å². The van der Waals surface area contributed by atoms with Crippen LogP contribution in [0.1, 0.15) is 20.3 Å². The van der Waals surface area contributed by atoms with Crippen molar-refractivity contribution in [2.75, 3.05) is 0 Å². The van der Waals surface area contributed by atoms with Gasteiger partial charge in [0.25, 0.3) is 0 Å². The predicted octanol–water partition coefficient (Wildman–Crippen LogP) is 3.73. The second kappa shape index (κ2) is 8.56. The van der Waals surface area contributed by atoms with Crippen LogP contribution >= 0.6 is 25.8 Å². The summed E-state index contributed by atoms with van der Waals surface area (Å²) in [5.74, 6) is 0. The van der Waals surface area contributed by atoms with Gasteiger partial charge < -0.3 is 0 Å². The molecule has 0 N–H and O–H groups in total. The molecule has 0 aliphatic carbocycles. The lowest BCUT2D eigenvalue weighted by atomic mass is 9.93. The van der Waals surface area contributed by atoms with Crippen LogP contribution in [0.4, 0.5) is 0 Å². The van der Waals surface area contributed by atoms with E-state index in [2.05, 4.69) is 53.1 Å². The van der Waals surface area contributed by atoms with Crippen molar-refractivity contribution in [1.29, 1.82) is 0 Å². The van der Waals surface area contributed by atoms with E-state index in [0.717, 1.165) is 6.42 Å². The van der Waals surface area contributed by atoms with Crippen LogP contribution in [0.25, 0.3) is 0 Å². The molecular formula is C7H13Br2Mg. The minimum atomic E-state index is 0.0417. The first-order valence-corrected chi connectivity index (χ1v) is 10.9. The highest BCUT2D eigenvalue weighted by Crippen LogP contribution is 2.16. The average molecular weight is 281 g/mol. The summed E-state index contributed by atoms with van der Waals surface area (Å²) in [5.41, 5.74) is 0.182. The van der Waals surface area contributed by atoms with Gasteiger partial charge in [-0.15, -0.1) is 6.58 Å². The van der Waals surface area contributed by atoms with E-state index in [1.54, 1.807) is 0 Å². The quantitative estimate of drug-likeness (QED) is 0.534. The first kappa shape index (κ1) is 14.0. The lowest BCUT2D eigenvalue weighted by molar-refractivity contribution is 0.484. The fourth-order valence-electron chi connectivity index (χ4n) is 0.391. The molecule has 3 heteroatoms. The molecule has 0 spiro atoms. The van der Waals surface area contributed by atoms with Gasteiger partial charge in [-0.3, -0.25) is 25.8 Å². The van der Waals surface area contributed by atoms with Crippen molar-refractivity contribution in [1.82, 2.24) is 0 Å². The van der Waals surface area contributed by atoms with E-state index in [1.807, 2.05) is 6.08 Å². The molecule has 0 aliphatic heterocycles. The maximum absolute atomic E-state index is 3.89. The molecule has 57 valence electrons. The Bertz CT molecular complexity index is 76.2. The van der Waals surface area contributed by atoms with Crippen LogP contribution in [-0.4, -0.2) is 16.0 Å². The summed E-state index contributed by atoms with van der Waals surface area (Å²) in [6.45, 7) is 11.7. The van der Waals surface area contributed by atoms with Gasteiger partial charge in [0.15, 0.2) is 0 Å². The zero-order chi connectivity index (χ0) is 8.62. The van der Waals surface area contributed by atoms with Crippen molar-refractivity contribution in [2.24, 2.45) is 5.41 Å². The molecule has 0 bridgehead atoms. The zero-order valence-corrected chi connectivity index (χ0v) is 11.2. The Labute approximate surface area is 86.3 Å². The molecule has 0 amide bonds. The Morgan fingerprint density at radius 1 is 1.50 bits per heavy atom. The first-order chi connectivity index (χ1) is 4.47. The highest BCUT2D eigenvalue weighted by Gasteiger charge is 2.05. The normalized spacial score (nSPS) is 8.90. The van der Waals surface area contributed by atoms with Crippen molar-refractivity contribution in [3.05, 3.63) is 19.6 Å². The molecular weight excluding hydrogens is 268 g/mol. The maximum Gasteiger partial charge on any atom is 0.560 e. The van der Waals surface area contributed by atoms with E-state index in [0.29, 0.717) is 0 Å². The van der Waals surface area contributed by atoms with Gasteiger partial charge in [0.05, 0.1) is 0 Å².